The highest BCUT2D eigenvalue weighted by molar-refractivity contribution is 6.30. The van der Waals surface area contributed by atoms with Gasteiger partial charge in [-0.15, -0.1) is 0 Å². The van der Waals surface area contributed by atoms with E-state index in [0.29, 0.717) is 0 Å². The Morgan fingerprint density at radius 1 is 1.40 bits per heavy atom. The molecule has 0 aromatic rings. The second-order valence-corrected chi connectivity index (χ2v) is 2.64. The van der Waals surface area contributed by atoms with Crippen molar-refractivity contribution in [3.8, 4) is 0 Å². The summed E-state index contributed by atoms with van der Waals surface area (Å²) in [6, 6.07) is 0.231. The summed E-state index contributed by atoms with van der Waals surface area (Å²) in [7, 11) is 3.75. The molecule has 0 radical (unpaired) electrons. The third kappa shape index (κ3) is 2.58. The molecule has 0 heterocycles. The summed E-state index contributed by atoms with van der Waals surface area (Å²) in [5, 5.41) is 6.88. The Bertz CT molecular complexity index is 132. The minimum absolute atomic E-state index is 0.231. The molecule has 0 aliphatic heterocycles. The summed E-state index contributed by atoms with van der Waals surface area (Å²) in [4.78, 5) is 0. The van der Waals surface area contributed by atoms with Crippen molar-refractivity contribution >= 4 is 11.6 Å². The molecule has 0 aromatic carbocycles. The van der Waals surface area contributed by atoms with E-state index in [1.807, 2.05) is 27.9 Å². The van der Waals surface area contributed by atoms with Crippen molar-refractivity contribution in [3.63, 3.8) is 0 Å². The van der Waals surface area contributed by atoms with Crippen molar-refractivity contribution in [2.75, 3.05) is 14.1 Å². The van der Waals surface area contributed by atoms with Crippen LogP contribution in [-0.4, -0.2) is 20.1 Å². The van der Waals surface area contributed by atoms with Crippen LogP contribution in [0, 0.1) is 0 Å². The Morgan fingerprint density at radius 3 is 2.20 bits per heavy atom. The van der Waals surface area contributed by atoms with Gasteiger partial charge in [-0.2, -0.15) is 0 Å². The molecule has 0 aliphatic carbocycles. The van der Waals surface area contributed by atoms with Crippen LogP contribution in [0.15, 0.2) is 10.7 Å². The molecule has 0 amide bonds. The second-order valence-electron chi connectivity index (χ2n) is 2.23. The van der Waals surface area contributed by atoms with Crippen LogP contribution in [0.4, 0.5) is 0 Å². The first kappa shape index (κ1) is 9.79. The van der Waals surface area contributed by atoms with E-state index in [9.17, 15) is 0 Å². The van der Waals surface area contributed by atoms with Crippen molar-refractivity contribution < 1.29 is 0 Å². The van der Waals surface area contributed by atoms with E-state index in [-0.39, 0.29) is 6.04 Å². The van der Waals surface area contributed by atoms with E-state index in [1.165, 1.54) is 0 Å². The monoisotopic (exact) mass is 162 g/mol. The number of allylic oxidation sites excluding steroid dienone is 1. The number of halogens is 1. The van der Waals surface area contributed by atoms with E-state index in [0.717, 1.165) is 10.7 Å². The lowest BCUT2D eigenvalue weighted by atomic mass is 10.3. The fraction of sp³-hybridized carbons (Fsp3) is 0.714. The third-order valence-corrected chi connectivity index (χ3v) is 2.16. The number of rotatable bonds is 3. The summed E-state index contributed by atoms with van der Waals surface area (Å²) in [6.45, 7) is 3.97. The molecular weight excluding hydrogens is 148 g/mol. The molecule has 60 valence electrons. The molecule has 0 fully saturated rings. The zero-order valence-corrected chi connectivity index (χ0v) is 7.71. The Kier molecular flexibility index (Phi) is 4.49. The number of likely N-dealkylation sites (N-methyl/N-ethyl adjacent to an activating group) is 1. The fourth-order valence-corrected chi connectivity index (χ4v) is 0.774. The van der Waals surface area contributed by atoms with Gasteiger partial charge < -0.3 is 10.6 Å². The summed E-state index contributed by atoms with van der Waals surface area (Å²) >= 11 is 5.94. The van der Waals surface area contributed by atoms with E-state index in [4.69, 9.17) is 11.6 Å². The van der Waals surface area contributed by atoms with Crippen LogP contribution in [-0.2, 0) is 0 Å². The zero-order chi connectivity index (χ0) is 8.15. The second kappa shape index (κ2) is 4.58. The molecule has 0 bridgehead atoms. The van der Waals surface area contributed by atoms with Gasteiger partial charge in [-0.25, -0.2) is 0 Å². The van der Waals surface area contributed by atoms with Gasteiger partial charge in [-0.3, -0.25) is 0 Å². The Labute approximate surface area is 67.6 Å². The normalized spacial score (nSPS) is 16.1. The van der Waals surface area contributed by atoms with E-state index in [2.05, 4.69) is 10.6 Å². The van der Waals surface area contributed by atoms with Crippen LogP contribution >= 0.6 is 11.6 Å². The zero-order valence-electron chi connectivity index (χ0n) is 6.96. The topological polar surface area (TPSA) is 24.1 Å². The maximum Gasteiger partial charge on any atom is 0.0533 e. The fourth-order valence-electron chi connectivity index (χ4n) is 0.571. The van der Waals surface area contributed by atoms with Gasteiger partial charge in [0, 0.05) is 18.8 Å². The molecule has 2 N–H and O–H groups in total. The molecule has 10 heavy (non-hydrogen) atoms. The highest BCUT2D eigenvalue weighted by atomic mass is 35.5. The smallest absolute Gasteiger partial charge is 0.0533 e. The number of nitrogens with one attached hydrogen (secondary N) is 2. The summed E-state index contributed by atoms with van der Waals surface area (Å²) in [5.74, 6) is 0. The minimum Gasteiger partial charge on any atom is -0.391 e. The van der Waals surface area contributed by atoms with Crippen molar-refractivity contribution in [3.05, 3.63) is 10.7 Å². The summed E-state index contributed by atoms with van der Waals surface area (Å²) in [5.41, 5.74) is 1.02. The van der Waals surface area contributed by atoms with Crippen molar-refractivity contribution in [2.45, 2.75) is 19.9 Å². The average molecular weight is 163 g/mol. The standard InChI is InChI=1S/C7H15ClN2/c1-5(9-3)7(8)6(2)10-4/h5,9-10H,1-4H3/b7-6+. The van der Waals surface area contributed by atoms with Crippen LogP contribution in [0.3, 0.4) is 0 Å². The van der Waals surface area contributed by atoms with Gasteiger partial charge in [0.25, 0.3) is 0 Å². The van der Waals surface area contributed by atoms with Crippen LogP contribution < -0.4 is 10.6 Å². The van der Waals surface area contributed by atoms with Crippen molar-refractivity contribution in [2.24, 2.45) is 0 Å². The first-order chi connectivity index (χ1) is 4.63. The van der Waals surface area contributed by atoms with Gasteiger partial charge in [0.2, 0.25) is 0 Å². The summed E-state index contributed by atoms with van der Waals surface area (Å²) < 4.78 is 0. The van der Waals surface area contributed by atoms with Gasteiger partial charge >= 0.3 is 0 Å². The molecule has 1 unspecified atom stereocenters. The molecule has 0 saturated heterocycles. The average Bonchev–Trinajstić information content (AvgIpc) is 2.00. The number of hydrogen-bond acceptors (Lipinski definition) is 2. The predicted molar refractivity (Wildman–Crippen MR) is 46.1 cm³/mol. The number of hydrogen-bond donors (Lipinski definition) is 2. The lowest BCUT2D eigenvalue weighted by Crippen LogP contribution is -2.24. The van der Waals surface area contributed by atoms with Gasteiger partial charge in [-0.1, -0.05) is 11.6 Å². The molecule has 0 saturated carbocycles. The molecular formula is C7H15ClN2. The van der Waals surface area contributed by atoms with Crippen LogP contribution in [0.1, 0.15) is 13.8 Å². The lowest BCUT2D eigenvalue weighted by Gasteiger charge is -2.11. The Hall–Kier alpha value is -0.210. The molecule has 0 rings (SSSR count). The molecule has 0 aromatic heterocycles. The van der Waals surface area contributed by atoms with Gasteiger partial charge in [-0.05, 0) is 20.9 Å². The van der Waals surface area contributed by atoms with Gasteiger partial charge in [0.15, 0.2) is 0 Å². The lowest BCUT2D eigenvalue weighted by molar-refractivity contribution is 0.705. The first-order valence-corrected chi connectivity index (χ1v) is 3.72. The minimum atomic E-state index is 0.231. The van der Waals surface area contributed by atoms with E-state index in [1.54, 1.807) is 0 Å². The van der Waals surface area contributed by atoms with E-state index >= 15 is 0 Å². The van der Waals surface area contributed by atoms with Gasteiger partial charge in [0.05, 0.1) is 5.03 Å². The van der Waals surface area contributed by atoms with Crippen molar-refractivity contribution in [1.82, 2.24) is 10.6 Å². The van der Waals surface area contributed by atoms with Crippen molar-refractivity contribution in [1.29, 1.82) is 0 Å². The largest absolute Gasteiger partial charge is 0.391 e. The molecule has 0 aliphatic rings. The quantitative estimate of drug-likeness (QED) is 0.654. The molecule has 1 atom stereocenters. The predicted octanol–water partition coefficient (Wildman–Crippen LogP) is 1.28. The summed E-state index contributed by atoms with van der Waals surface area (Å²) in [6.07, 6.45) is 0. The Morgan fingerprint density at radius 2 is 1.90 bits per heavy atom. The first-order valence-electron chi connectivity index (χ1n) is 3.34. The Balaban J connectivity index is 4.15. The van der Waals surface area contributed by atoms with Crippen LogP contribution in [0.25, 0.3) is 0 Å². The molecule has 3 heteroatoms. The molecule has 0 spiro atoms. The van der Waals surface area contributed by atoms with Crippen LogP contribution in [0.2, 0.25) is 0 Å². The maximum atomic E-state index is 5.94. The SMILES string of the molecule is CN/C(C)=C(/Cl)C(C)NC. The maximum absolute atomic E-state index is 5.94. The highest BCUT2D eigenvalue weighted by Crippen LogP contribution is 2.10. The molecule has 2 nitrogen and oxygen atoms in total. The van der Waals surface area contributed by atoms with E-state index < -0.39 is 0 Å². The highest BCUT2D eigenvalue weighted by Gasteiger charge is 2.04. The van der Waals surface area contributed by atoms with Gasteiger partial charge in [0.1, 0.15) is 0 Å². The third-order valence-electron chi connectivity index (χ3n) is 1.55. The van der Waals surface area contributed by atoms with Crippen LogP contribution in [0.5, 0.6) is 0 Å².